The van der Waals surface area contributed by atoms with Crippen LogP contribution in [0, 0.1) is 29.6 Å². The molecular weight excluding hydrogens is 344 g/mol. The first-order valence-corrected chi connectivity index (χ1v) is 8.04. The fourth-order valence-corrected chi connectivity index (χ4v) is 2.21. The Kier molecular flexibility index (Phi) is 6.44. The number of hydroxylamine groups is 1. The van der Waals surface area contributed by atoms with Crippen molar-refractivity contribution < 1.29 is 19.9 Å². The Hall–Kier alpha value is -2.51. The van der Waals surface area contributed by atoms with Crippen LogP contribution in [0.1, 0.15) is 35.7 Å². The molecule has 0 aliphatic heterocycles. The fraction of sp³-hybridized carbons (Fsp3) is 0.333. The van der Waals surface area contributed by atoms with Crippen LogP contribution in [0.25, 0.3) is 0 Å². The van der Waals surface area contributed by atoms with Crippen LogP contribution in [0.3, 0.4) is 0 Å². The van der Waals surface area contributed by atoms with Crippen molar-refractivity contribution in [1.29, 1.82) is 0 Å². The van der Waals surface area contributed by atoms with Crippen LogP contribution < -0.4 is 10.8 Å². The molecule has 1 saturated carbocycles. The molecule has 1 aliphatic carbocycles. The Bertz CT molecular complexity index is 795. The Morgan fingerprint density at radius 2 is 2.04 bits per heavy atom. The molecule has 0 heterocycles. The molecule has 1 aromatic carbocycles. The van der Waals surface area contributed by atoms with E-state index in [-0.39, 0.29) is 10.6 Å². The third kappa shape index (κ3) is 5.51. The van der Waals surface area contributed by atoms with Crippen molar-refractivity contribution in [3.63, 3.8) is 0 Å². The van der Waals surface area contributed by atoms with E-state index in [9.17, 15) is 14.7 Å². The number of halogens is 1. The van der Waals surface area contributed by atoms with E-state index in [0.717, 1.165) is 12.8 Å². The van der Waals surface area contributed by atoms with Gasteiger partial charge in [0.25, 0.3) is 11.8 Å². The van der Waals surface area contributed by atoms with E-state index >= 15 is 0 Å². The predicted octanol–water partition coefficient (Wildman–Crippen LogP) is 1.09. The molecular formula is C18H17ClN2O4. The van der Waals surface area contributed by atoms with Crippen LogP contribution in [0.5, 0.6) is 0 Å². The predicted molar refractivity (Wildman–Crippen MR) is 91.7 cm³/mol. The summed E-state index contributed by atoms with van der Waals surface area (Å²) in [6.07, 6.45) is 1.06. The smallest absolute Gasteiger partial charge is 0.268 e. The van der Waals surface area contributed by atoms with Crippen LogP contribution in [-0.4, -0.2) is 34.3 Å². The molecule has 2 atom stereocenters. The third-order valence-electron chi connectivity index (χ3n) is 3.50. The Balaban J connectivity index is 2.09. The van der Waals surface area contributed by atoms with Gasteiger partial charge in [0.2, 0.25) is 0 Å². The first-order chi connectivity index (χ1) is 11.9. The number of aliphatic hydroxyl groups excluding tert-OH is 1. The standard InChI is InChI=1S/C18H17ClN2O4/c1-11(22)16(18(24)21-25)20-17(23)14-9-8-13(10-15(14)19)5-3-2-4-12-6-7-12/h8-12,16,22,25H,6-7H2,1H3,(H,20,23)(H,21,24)/t11-,16+/m1/s1. The summed E-state index contributed by atoms with van der Waals surface area (Å²) < 4.78 is 0. The number of amides is 2. The van der Waals surface area contributed by atoms with E-state index in [1.165, 1.54) is 24.5 Å². The number of hydrogen-bond acceptors (Lipinski definition) is 4. The molecule has 2 rings (SSSR count). The minimum Gasteiger partial charge on any atom is -0.391 e. The number of benzene rings is 1. The first-order valence-electron chi connectivity index (χ1n) is 7.66. The topological polar surface area (TPSA) is 98.7 Å². The van der Waals surface area contributed by atoms with Crippen molar-refractivity contribution in [2.24, 2.45) is 5.92 Å². The highest BCUT2D eigenvalue weighted by Gasteiger charge is 2.26. The molecule has 0 bridgehead atoms. The molecule has 0 radical (unpaired) electrons. The maximum atomic E-state index is 12.2. The molecule has 0 aromatic heterocycles. The third-order valence-corrected chi connectivity index (χ3v) is 3.81. The Morgan fingerprint density at radius 1 is 1.32 bits per heavy atom. The summed E-state index contributed by atoms with van der Waals surface area (Å²) in [5.74, 6) is 10.3. The molecule has 0 unspecified atom stereocenters. The Morgan fingerprint density at radius 3 is 2.60 bits per heavy atom. The van der Waals surface area contributed by atoms with E-state index in [1.807, 2.05) is 0 Å². The summed E-state index contributed by atoms with van der Waals surface area (Å²) in [6.45, 7) is 1.31. The summed E-state index contributed by atoms with van der Waals surface area (Å²) in [5, 5.41) is 20.6. The molecule has 6 nitrogen and oxygen atoms in total. The summed E-state index contributed by atoms with van der Waals surface area (Å²) in [6, 6.07) is 3.28. The van der Waals surface area contributed by atoms with E-state index in [0.29, 0.717) is 11.5 Å². The maximum absolute atomic E-state index is 12.2. The van der Waals surface area contributed by atoms with Gasteiger partial charge in [-0.05, 0) is 49.8 Å². The van der Waals surface area contributed by atoms with Crippen LogP contribution in [-0.2, 0) is 4.79 Å². The van der Waals surface area contributed by atoms with Crippen molar-refractivity contribution in [3.8, 4) is 23.7 Å². The van der Waals surface area contributed by atoms with Crippen molar-refractivity contribution in [2.45, 2.75) is 31.9 Å². The lowest BCUT2D eigenvalue weighted by Gasteiger charge is -2.19. The quantitative estimate of drug-likeness (QED) is 0.367. The van der Waals surface area contributed by atoms with Crippen molar-refractivity contribution in [1.82, 2.24) is 10.8 Å². The molecule has 2 amide bonds. The number of rotatable bonds is 4. The lowest BCUT2D eigenvalue weighted by Crippen LogP contribution is -2.51. The van der Waals surface area contributed by atoms with E-state index < -0.39 is 24.0 Å². The highest BCUT2D eigenvalue weighted by Crippen LogP contribution is 2.27. The molecule has 0 saturated heterocycles. The fourth-order valence-electron chi connectivity index (χ4n) is 1.94. The summed E-state index contributed by atoms with van der Waals surface area (Å²) in [7, 11) is 0. The van der Waals surface area contributed by atoms with E-state index in [4.69, 9.17) is 16.8 Å². The molecule has 1 aliphatic rings. The molecule has 1 fully saturated rings. The molecule has 4 N–H and O–H groups in total. The van der Waals surface area contributed by atoms with Crippen LogP contribution in [0.2, 0.25) is 5.02 Å². The average Bonchev–Trinajstić information content (AvgIpc) is 3.39. The minimum absolute atomic E-state index is 0.118. The van der Waals surface area contributed by atoms with Gasteiger partial charge in [0.1, 0.15) is 6.04 Å². The number of carbonyl (C=O) groups is 2. The number of hydrogen-bond donors (Lipinski definition) is 4. The zero-order chi connectivity index (χ0) is 18.4. The number of carbonyl (C=O) groups excluding carboxylic acids is 2. The number of aliphatic hydroxyl groups is 1. The van der Waals surface area contributed by atoms with Crippen LogP contribution >= 0.6 is 11.6 Å². The summed E-state index contributed by atoms with van der Waals surface area (Å²) >= 11 is 6.10. The van der Waals surface area contributed by atoms with Crippen molar-refractivity contribution in [3.05, 3.63) is 34.3 Å². The van der Waals surface area contributed by atoms with Gasteiger partial charge in [-0.1, -0.05) is 23.4 Å². The second kappa shape index (κ2) is 8.55. The van der Waals surface area contributed by atoms with Gasteiger partial charge in [-0.15, -0.1) is 0 Å². The Labute approximate surface area is 150 Å². The van der Waals surface area contributed by atoms with Gasteiger partial charge in [-0.2, -0.15) is 0 Å². The lowest BCUT2D eigenvalue weighted by atomic mass is 10.1. The second-order valence-corrected chi connectivity index (χ2v) is 6.06. The molecule has 0 spiro atoms. The molecule has 130 valence electrons. The van der Waals surface area contributed by atoms with Crippen molar-refractivity contribution in [2.75, 3.05) is 0 Å². The van der Waals surface area contributed by atoms with Gasteiger partial charge in [-0.25, -0.2) is 5.48 Å². The van der Waals surface area contributed by atoms with Gasteiger partial charge in [0, 0.05) is 11.5 Å². The first kappa shape index (κ1) is 18.8. The average molecular weight is 361 g/mol. The van der Waals surface area contributed by atoms with E-state index in [2.05, 4.69) is 29.0 Å². The van der Waals surface area contributed by atoms with Gasteiger partial charge in [0.05, 0.1) is 16.7 Å². The van der Waals surface area contributed by atoms with Gasteiger partial charge < -0.3 is 10.4 Å². The van der Waals surface area contributed by atoms with Gasteiger partial charge in [0.15, 0.2) is 0 Å². The summed E-state index contributed by atoms with van der Waals surface area (Å²) in [4.78, 5) is 23.7. The van der Waals surface area contributed by atoms with Gasteiger partial charge >= 0.3 is 0 Å². The normalized spacial score (nSPS) is 14.9. The SMILES string of the molecule is C[C@@H](O)[C@H](NC(=O)c1ccc(C#CC#CC2CC2)cc1Cl)C(=O)NO. The van der Waals surface area contributed by atoms with Crippen LogP contribution in [0.4, 0.5) is 0 Å². The number of nitrogens with one attached hydrogen (secondary N) is 2. The molecule has 7 heteroatoms. The molecule has 1 aromatic rings. The monoisotopic (exact) mass is 360 g/mol. The lowest BCUT2D eigenvalue weighted by molar-refractivity contribution is -0.133. The largest absolute Gasteiger partial charge is 0.391 e. The highest BCUT2D eigenvalue weighted by atomic mass is 35.5. The molecule has 25 heavy (non-hydrogen) atoms. The zero-order valence-electron chi connectivity index (χ0n) is 13.5. The van der Waals surface area contributed by atoms with E-state index in [1.54, 1.807) is 6.07 Å². The summed E-state index contributed by atoms with van der Waals surface area (Å²) in [5.41, 5.74) is 2.11. The minimum atomic E-state index is -1.31. The maximum Gasteiger partial charge on any atom is 0.268 e. The van der Waals surface area contributed by atoms with Crippen LogP contribution in [0.15, 0.2) is 18.2 Å². The van der Waals surface area contributed by atoms with Crippen molar-refractivity contribution >= 4 is 23.4 Å². The second-order valence-electron chi connectivity index (χ2n) is 5.66. The zero-order valence-corrected chi connectivity index (χ0v) is 14.2. The highest BCUT2D eigenvalue weighted by molar-refractivity contribution is 6.34. The van der Waals surface area contributed by atoms with Gasteiger partial charge in [-0.3, -0.25) is 14.8 Å².